The average Bonchev–Trinajstić information content (AvgIpc) is 2.87. The van der Waals surface area contributed by atoms with Gasteiger partial charge in [0.1, 0.15) is 9.88 Å². The number of hydrogen-bond donors (Lipinski definition) is 1. The molecule has 2 rings (SSSR count). The number of carbonyl (C=O) groups is 1. The minimum atomic E-state index is -0.873. The average molecular weight is 318 g/mol. The van der Waals surface area contributed by atoms with Crippen LogP contribution in [-0.4, -0.2) is 22.6 Å². The number of anilines is 1. The van der Waals surface area contributed by atoms with Crippen LogP contribution in [0.15, 0.2) is 30.3 Å². The van der Waals surface area contributed by atoms with Gasteiger partial charge in [0, 0.05) is 12.2 Å². The maximum Gasteiger partial charge on any atom is 0.347 e. The number of nitrogens with zero attached hydrogens (tertiary/aromatic N) is 2. The summed E-state index contributed by atoms with van der Waals surface area (Å²) in [6.45, 7) is 7.74. The number of para-hydroxylation sites is 1. The molecule has 0 spiro atoms. The first-order valence-corrected chi connectivity index (χ1v) is 8.34. The molecule has 0 atom stereocenters. The number of hydrogen-bond acceptors (Lipinski definition) is 4. The van der Waals surface area contributed by atoms with Crippen LogP contribution in [0.4, 0.5) is 5.69 Å². The highest BCUT2D eigenvalue weighted by Gasteiger charge is 2.19. The molecule has 0 saturated heterocycles. The second-order valence-corrected chi connectivity index (χ2v) is 6.72. The van der Waals surface area contributed by atoms with E-state index < -0.39 is 5.97 Å². The minimum Gasteiger partial charge on any atom is -0.477 e. The third kappa shape index (κ3) is 4.07. The van der Waals surface area contributed by atoms with Gasteiger partial charge in [-0.1, -0.05) is 32.0 Å². The molecule has 0 aliphatic heterocycles. The van der Waals surface area contributed by atoms with Gasteiger partial charge in [-0.3, -0.25) is 0 Å². The SMILES string of the molecule is CCN(Cc1nc(CC(C)C)c(C(=O)O)s1)c1ccccc1. The Hall–Kier alpha value is -1.88. The summed E-state index contributed by atoms with van der Waals surface area (Å²) in [5, 5.41) is 10.2. The number of rotatable bonds is 7. The van der Waals surface area contributed by atoms with Crippen LogP contribution in [0, 0.1) is 5.92 Å². The standard InChI is InChI=1S/C17H22N2O2S/c1-4-19(13-8-6-5-7-9-13)11-15-18-14(10-12(2)3)16(22-15)17(20)21/h5-9,12H,4,10-11H2,1-3H3,(H,20,21). The van der Waals surface area contributed by atoms with E-state index in [4.69, 9.17) is 0 Å². The Kier molecular flexibility index (Phi) is 5.55. The van der Waals surface area contributed by atoms with Gasteiger partial charge in [-0.05, 0) is 31.4 Å². The Labute approximate surface area is 135 Å². The molecule has 0 aliphatic carbocycles. The van der Waals surface area contributed by atoms with E-state index in [1.165, 1.54) is 11.3 Å². The molecule has 1 aromatic carbocycles. The summed E-state index contributed by atoms with van der Waals surface area (Å²) < 4.78 is 0. The molecule has 4 nitrogen and oxygen atoms in total. The van der Waals surface area contributed by atoms with E-state index in [2.05, 4.69) is 42.8 Å². The second kappa shape index (κ2) is 7.40. The fourth-order valence-electron chi connectivity index (χ4n) is 2.35. The highest BCUT2D eigenvalue weighted by atomic mass is 32.1. The normalized spacial score (nSPS) is 10.9. The zero-order valence-electron chi connectivity index (χ0n) is 13.2. The number of thiazole rings is 1. The van der Waals surface area contributed by atoms with Crippen molar-refractivity contribution in [2.45, 2.75) is 33.7 Å². The van der Waals surface area contributed by atoms with E-state index in [0.717, 1.165) is 17.2 Å². The molecule has 5 heteroatoms. The molecule has 0 amide bonds. The molecule has 1 aromatic heterocycles. The highest BCUT2D eigenvalue weighted by molar-refractivity contribution is 7.13. The largest absolute Gasteiger partial charge is 0.477 e. The van der Waals surface area contributed by atoms with Crippen molar-refractivity contribution in [1.82, 2.24) is 4.98 Å². The van der Waals surface area contributed by atoms with E-state index >= 15 is 0 Å². The Bertz CT molecular complexity index is 623. The van der Waals surface area contributed by atoms with Gasteiger partial charge in [0.05, 0.1) is 12.2 Å². The molecule has 1 N–H and O–H groups in total. The number of carboxylic acids is 1. The van der Waals surface area contributed by atoms with Crippen molar-refractivity contribution < 1.29 is 9.90 Å². The van der Waals surface area contributed by atoms with Crippen LogP contribution < -0.4 is 4.90 Å². The van der Waals surface area contributed by atoms with E-state index in [9.17, 15) is 9.90 Å². The van der Waals surface area contributed by atoms with Crippen molar-refractivity contribution >= 4 is 23.0 Å². The van der Waals surface area contributed by atoms with Crippen molar-refractivity contribution in [3.8, 4) is 0 Å². The first-order chi connectivity index (χ1) is 10.5. The minimum absolute atomic E-state index is 0.382. The summed E-state index contributed by atoms with van der Waals surface area (Å²) in [4.78, 5) is 18.6. The van der Waals surface area contributed by atoms with E-state index in [1.54, 1.807) is 0 Å². The van der Waals surface area contributed by atoms with Gasteiger partial charge < -0.3 is 10.0 Å². The first-order valence-electron chi connectivity index (χ1n) is 7.53. The third-order valence-electron chi connectivity index (χ3n) is 3.37. The van der Waals surface area contributed by atoms with Gasteiger partial charge >= 0.3 is 5.97 Å². The predicted molar refractivity (Wildman–Crippen MR) is 90.8 cm³/mol. The highest BCUT2D eigenvalue weighted by Crippen LogP contribution is 2.24. The lowest BCUT2D eigenvalue weighted by Gasteiger charge is -2.21. The third-order valence-corrected chi connectivity index (χ3v) is 4.44. The summed E-state index contributed by atoms with van der Waals surface area (Å²) in [6.07, 6.45) is 0.704. The summed E-state index contributed by atoms with van der Waals surface area (Å²) in [5.41, 5.74) is 1.84. The van der Waals surface area contributed by atoms with Crippen LogP contribution in [0.3, 0.4) is 0 Å². The molecular formula is C17H22N2O2S. The van der Waals surface area contributed by atoms with Crippen molar-refractivity contribution in [2.75, 3.05) is 11.4 Å². The summed E-state index contributed by atoms with van der Waals surface area (Å²) in [7, 11) is 0. The zero-order chi connectivity index (χ0) is 16.1. The smallest absolute Gasteiger partial charge is 0.347 e. The van der Waals surface area contributed by atoms with Crippen molar-refractivity contribution in [3.63, 3.8) is 0 Å². The lowest BCUT2D eigenvalue weighted by Crippen LogP contribution is -2.21. The Morgan fingerprint density at radius 3 is 2.55 bits per heavy atom. The van der Waals surface area contributed by atoms with Crippen LogP contribution in [0.5, 0.6) is 0 Å². The molecule has 0 radical (unpaired) electrons. The van der Waals surface area contributed by atoms with E-state index in [-0.39, 0.29) is 0 Å². The molecule has 0 bridgehead atoms. The number of aromatic nitrogens is 1. The van der Waals surface area contributed by atoms with Crippen LogP contribution >= 0.6 is 11.3 Å². The molecule has 22 heavy (non-hydrogen) atoms. The quantitative estimate of drug-likeness (QED) is 0.836. The number of benzene rings is 1. The van der Waals surface area contributed by atoms with Crippen LogP contribution in [0.25, 0.3) is 0 Å². The Balaban J connectivity index is 2.23. The van der Waals surface area contributed by atoms with Crippen LogP contribution in [0.1, 0.15) is 41.1 Å². The molecular weight excluding hydrogens is 296 g/mol. The molecule has 118 valence electrons. The Morgan fingerprint density at radius 1 is 1.32 bits per heavy atom. The Morgan fingerprint density at radius 2 is 2.00 bits per heavy atom. The second-order valence-electron chi connectivity index (χ2n) is 5.64. The molecule has 0 fully saturated rings. The lowest BCUT2D eigenvalue weighted by molar-refractivity contribution is 0.0700. The van der Waals surface area contributed by atoms with Crippen molar-refractivity contribution in [3.05, 3.63) is 45.9 Å². The molecule has 1 heterocycles. The first kappa shape index (κ1) is 16.5. The van der Waals surface area contributed by atoms with Gasteiger partial charge in [-0.15, -0.1) is 11.3 Å². The topological polar surface area (TPSA) is 53.4 Å². The maximum absolute atomic E-state index is 11.4. The number of carboxylic acid groups (broad SMARTS) is 1. The van der Waals surface area contributed by atoms with Crippen molar-refractivity contribution in [2.24, 2.45) is 5.92 Å². The number of aromatic carboxylic acids is 1. The van der Waals surface area contributed by atoms with Crippen LogP contribution in [0.2, 0.25) is 0 Å². The molecule has 2 aromatic rings. The summed E-state index contributed by atoms with van der Waals surface area (Å²) in [5.74, 6) is -0.480. The van der Waals surface area contributed by atoms with Crippen molar-refractivity contribution in [1.29, 1.82) is 0 Å². The van der Waals surface area contributed by atoms with E-state index in [0.29, 0.717) is 29.5 Å². The summed E-state index contributed by atoms with van der Waals surface area (Å²) in [6, 6.07) is 10.1. The fourth-order valence-corrected chi connectivity index (χ4v) is 3.29. The maximum atomic E-state index is 11.4. The van der Waals surface area contributed by atoms with E-state index in [1.807, 2.05) is 18.2 Å². The van der Waals surface area contributed by atoms with Gasteiger partial charge in [-0.25, -0.2) is 9.78 Å². The van der Waals surface area contributed by atoms with Gasteiger partial charge in [0.2, 0.25) is 0 Å². The molecule has 0 saturated carbocycles. The fraction of sp³-hybridized carbons (Fsp3) is 0.412. The van der Waals surface area contributed by atoms with Gasteiger partial charge in [0.15, 0.2) is 0 Å². The molecule has 0 aliphatic rings. The zero-order valence-corrected chi connectivity index (χ0v) is 14.1. The van der Waals surface area contributed by atoms with Gasteiger partial charge in [-0.2, -0.15) is 0 Å². The molecule has 0 unspecified atom stereocenters. The predicted octanol–water partition coefficient (Wildman–Crippen LogP) is 4.07. The summed E-state index contributed by atoms with van der Waals surface area (Å²) >= 11 is 1.30. The van der Waals surface area contributed by atoms with Crippen LogP contribution in [-0.2, 0) is 13.0 Å². The van der Waals surface area contributed by atoms with Gasteiger partial charge in [0.25, 0.3) is 0 Å². The monoisotopic (exact) mass is 318 g/mol. The lowest BCUT2D eigenvalue weighted by atomic mass is 10.1.